The number of nitrogens with one attached hydrogen (secondary N) is 1. The van der Waals surface area contributed by atoms with Crippen LogP contribution in [0.2, 0.25) is 0 Å². The van der Waals surface area contributed by atoms with Crippen molar-refractivity contribution in [3.05, 3.63) is 17.7 Å². The topological polar surface area (TPSA) is 60.0 Å². The standard InChI is InChI=1S/C18H27NO4/c1-21-12-10-14-17(16(11-12)22-2)19-15(7-3-4-8-20)13-6-5-9-23-18(13)14/h10-11,13,15,18-20H,3-9H2,1-2H3/t13-,15-,18+/m0/s1. The van der Waals surface area contributed by atoms with Crippen molar-refractivity contribution in [3.63, 3.8) is 0 Å². The second-order valence-electron chi connectivity index (χ2n) is 6.36. The number of anilines is 1. The number of hydrogen-bond acceptors (Lipinski definition) is 5. The maximum Gasteiger partial charge on any atom is 0.146 e. The van der Waals surface area contributed by atoms with Crippen molar-refractivity contribution < 1.29 is 19.3 Å². The lowest BCUT2D eigenvalue weighted by molar-refractivity contribution is -0.0389. The Morgan fingerprint density at radius 3 is 2.87 bits per heavy atom. The van der Waals surface area contributed by atoms with Crippen LogP contribution in [0.4, 0.5) is 5.69 Å². The maximum atomic E-state index is 9.05. The Labute approximate surface area is 137 Å². The van der Waals surface area contributed by atoms with Crippen molar-refractivity contribution in [2.45, 2.75) is 44.2 Å². The number of ether oxygens (including phenoxy) is 3. The zero-order valence-corrected chi connectivity index (χ0v) is 14.0. The Bertz CT molecular complexity index is 534. The van der Waals surface area contributed by atoms with Gasteiger partial charge in [0.25, 0.3) is 0 Å². The molecule has 0 radical (unpaired) electrons. The molecule has 5 heteroatoms. The molecule has 23 heavy (non-hydrogen) atoms. The summed E-state index contributed by atoms with van der Waals surface area (Å²) in [6, 6.07) is 4.35. The molecule has 1 aromatic rings. The van der Waals surface area contributed by atoms with Gasteiger partial charge in [-0.3, -0.25) is 0 Å². The van der Waals surface area contributed by atoms with E-state index >= 15 is 0 Å². The van der Waals surface area contributed by atoms with Gasteiger partial charge < -0.3 is 24.6 Å². The van der Waals surface area contributed by atoms with Gasteiger partial charge in [-0.1, -0.05) is 0 Å². The van der Waals surface area contributed by atoms with Crippen molar-refractivity contribution in [1.82, 2.24) is 0 Å². The first-order chi connectivity index (χ1) is 11.3. The van der Waals surface area contributed by atoms with Crippen LogP contribution in [0, 0.1) is 5.92 Å². The van der Waals surface area contributed by atoms with E-state index < -0.39 is 0 Å². The quantitative estimate of drug-likeness (QED) is 0.788. The van der Waals surface area contributed by atoms with E-state index in [2.05, 4.69) is 11.4 Å². The number of hydrogen-bond donors (Lipinski definition) is 2. The third-order valence-electron chi connectivity index (χ3n) is 5.01. The largest absolute Gasteiger partial charge is 0.497 e. The van der Waals surface area contributed by atoms with Crippen LogP contribution in [-0.2, 0) is 4.74 Å². The molecule has 0 amide bonds. The summed E-state index contributed by atoms with van der Waals surface area (Å²) in [5.74, 6) is 2.07. The van der Waals surface area contributed by atoms with Gasteiger partial charge >= 0.3 is 0 Å². The molecule has 1 fully saturated rings. The van der Waals surface area contributed by atoms with Gasteiger partial charge in [0.05, 0.1) is 26.0 Å². The van der Waals surface area contributed by atoms with E-state index in [0.717, 1.165) is 55.0 Å². The molecule has 3 rings (SSSR count). The van der Waals surface area contributed by atoms with Crippen molar-refractivity contribution in [2.24, 2.45) is 5.92 Å². The second-order valence-corrected chi connectivity index (χ2v) is 6.36. The van der Waals surface area contributed by atoms with Crippen LogP contribution in [0.5, 0.6) is 11.5 Å². The SMILES string of the molecule is COc1cc(OC)c2c(c1)[C@@H]1OCCC[C@H]1[C@H](CCCCO)N2. The smallest absolute Gasteiger partial charge is 0.146 e. The molecule has 2 N–H and O–H groups in total. The Morgan fingerprint density at radius 2 is 2.13 bits per heavy atom. The number of unbranched alkanes of at least 4 members (excludes halogenated alkanes) is 1. The molecule has 2 aliphatic rings. The molecule has 0 aliphatic carbocycles. The van der Waals surface area contributed by atoms with Crippen LogP contribution in [0.25, 0.3) is 0 Å². The van der Waals surface area contributed by atoms with E-state index in [-0.39, 0.29) is 12.7 Å². The number of methoxy groups -OCH3 is 2. The second kappa shape index (κ2) is 7.41. The first-order valence-electron chi connectivity index (χ1n) is 8.53. The van der Waals surface area contributed by atoms with Gasteiger partial charge in [-0.2, -0.15) is 0 Å². The van der Waals surface area contributed by atoms with Gasteiger partial charge in [0.15, 0.2) is 0 Å². The third kappa shape index (κ3) is 3.26. The minimum absolute atomic E-state index is 0.100. The highest BCUT2D eigenvalue weighted by Crippen LogP contribution is 2.49. The third-order valence-corrected chi connectivity index (χ3v) is 5.01. The Kier molecular flexibility index (Phi) is 5.28. The van der Waals surface area contributed by atoms with E-state index in [0.29, 0.717) is 12.0 Å². The normalized spacial score (nSPS) is 26.0. The molecule has 1 aromatic carbocycles. The fourth-order valence-corrected chi connectivity index (χ4v) is 3.86. The van der Waals surface area contributed by atoms with Gasteiger partial charge in [-0.05, 0) is 38.2 Å². The summed E-state index contributed by atoms with van der Waals surface area (Å²) >= 11 is 0. The van der Waals surface area contributed by atoms with Crippen molar-refractivity contribution in [1.29, 1.82) is 0 Å². The first kappa shape index (κ1) is 16.4. The van der Waals surface area contributed by atoms with Gasteiger partial charge in [-0.15, -0.1) is 0 Å². The predicted molar refractivity (Wildman–Crippen MR) is 89.3 cm³/mol. The van der Waals surface area contributed by atoms with E-state index in [1.165, 1.54) is 6.42 Å². The van der Waals surface area contributed by atoms with Gasteiger partial charge in [0, 0.05) is 36.8 Å². The molecule has 0 saturated carbocycles. The summed E-state index contributed by atoms with van der Waals surface area (Å²) < 4.78 is 17.1. The molecule has 0 unspecified atom stereocenters. The summed E-state index contributed by atoms with van der Waals surface area (Å²) in [5, 5.41) is 12.7. The average molecular weight is 321 g/mol. The minimum atomic E-state index is 0.100. The van der Waals surface area contributed by atoms with E-state index in [9.17, 15) is 0 Å². The van der Waals surface area contributed by atoms with Crippen LogP contribution in [0.15, 0.2) is 12.1 Å². The van der Waals surface area contributed by atoms with E-state index in [1.54, 1.807) is 14.2 Å². The Balaban J connectivity index is 1.93. The van der Waals surface area contributed by atoms with Crippen LogP contribution in [0.1, 0.15) is 43.8 Å². The van der Waals surface area contributed by atoms with Gasteiger partial charge in [0.1, 0.15) is 11.5 Å². The van der Waals surface area contributed by atoms with E-state index in [1.807, 2.05) is 6.07 Å². The highest BCUT2D eigenvalue weighted by molar-refractivity contribution is 5.67. The van der Waals surface area contributed by atoms with Crippen LogP contribution < -0.4 is 14.8 Å². The molecule has 0 aromatic heterocycles. The predicted octanol–water partition coefficient (Wildman–Crippen LogP) is 3.13. The first-order valence-corrected chi connectivity index (χ1v) is 8.53. The molecule has 0 spiro atoms. The lowest BCUT2D eigenvalue weighted by Gasteiger charge is -2.43. The summed E-state index contributed by atoms with van der Waals surface area (Å²) in [6.07, 6.45) is 5.28. The average Bonchev–Trinajstić information content (AvgIpc) is 2.61. The molecule has 3 atom stereocenters. The highest BCUT2D eigenvalue weighted by atomic mass is 16.5. The summed E-state index contributed by atoms with van der Waals surface area (Å²) in [5.41, 5.74) is 2.18. The summed E-state index contributed by atoms with van der Waals surface area (Å²) in [6.45, 7) is 1.07. The number of rotatable bonds is 6. The molecule has 2 aliphatic heterocycles. The molecule has 2 heterocycles. The van der Waals surface area contributed by atoms with Crippen LogP contribution in [0.3, 0.4) is 0 Å². The number of aliphatic hydroxyl groups excluding tert-OH is 1. The van der Waals surface area contributed by atoms with Gasteiger partial charge in [0.2, 0.25) is 0 Å². The molecule has 1 saturated heterocycles. The van der Waals surface area contributed by atoms with E-state index in [4.69, 9.17) is 19.3 Å². The zero-order chi connectivity index (χ0) is 16.2. The van der Waals surface area contributed by atoms with Crippen LogP contribution in [-0.4, -0.2) is 38.6 Å². The lowest BCUT2D eigenvalue weighted by atomic mass is 9.78. The fraction of sp³-hybridized carbons (Fsp3) is 0.667. The van der Waals surface area contributed by atoms with Crippen molar-refractivity contribution >= 4 is 5.69 Å². The monoisotopic (exact) mass is 321 g/mol. The molecular formula is C18H27NO4. The molecule has 128 valence electrons. The van der Waals surface area contributed by atoms with Crippen molar-refractivity contribution in [3.8, 4) is 11.5 Å². The molecule has 5 nitrogen and oxygen atoms in total. The molecule has 0 bridgehead atoms. The summed E-state index contributed by atoms with van der Waals surface area (Å²) in [4.78, 5) is 0. The minimum Gasteiger partial charge on any atom is -0.497 e. The van der Waals surface area contributed by atoms with Gasteiger partial charge in [-0.25, -0.2) is 0 Å². The van der Waals surface area contributed by atoms with Crippen molar-refractivity contribution in [2.75, 3.05) is 32.8 Å². The highest BCUT2D eigenvalue weighted by Gasteiger charge is 2.40. The number of fused-ring (bicyclic) bond motifs is 3. The number of benzene rings is 1. The van der Waals surface area contributed by atoms with Crippen LogP contribution >= 0.6 is 0 Å². The zero-order valence-electron chi connectivity index (χ0n) is 14.0. The Hall–Kier alpha value is -1.46. The fourth-order valence-electron chi connectivity index (χ4n) is 3.86. The lowest BCUT2D eigenvalue weighted by Crippen LogP contribution is -2.41. The Morgan fingerprint density at radius 1 is 1.26 bits per heavy atom. The summed E-state index contributed by atoms with van der Waals surface area (Å²) in [7, 11) is 3.36. The number of aliphatic hydroxyl groups is 1. The maximum absolute atomic E-state index is 9.05. The molecular weight excluding hydrogens is 294 g/mol.